The third-order valence-corrected chi connectivity index (χ3v) is 8.60. The number of hydrogen-bond acceptors (Lipinski definition) is 3. The van der Waals surface area contributed by atoms with E-state index in [0.29, 0.717) is 23.0 Å². The third-order valence-electron chi connectivity index (χ3n) is 7.06. The van der Waals surface area contributed by atoms with Gasteiger partial charge in [0, 0.05) is 17.1 Å². The van der Waals surface area contributed by atoms with Crippen LogP contribution in [0.15, 0.2) is 36.4 Å². The molecule has 27 heavy (non-hydrogen) atoms. The molecule has 0 spiro atoms. The molecular formula is C24H32O2S. The van der Waals surface area contributed by atoms with Gasteiger partial charge in [0.05, 0.1) is 0 Å². The number of allylic oxidation sites excluding steroid dienone is 1. The van der Waals surface area contributed by atoms with Gasteiger partial charge in [0.15, 0.2) is 0 Å². The van der Waals surface area contributed by atoms with Crippen LogP contribution in [0.3, 0.4) is 0 Å². The van der Waals surface area contributed by atoms with Crippen LogP contribution in [0.2, 0.25) is 0 Å². The van der Waals surface area contributed by atoms with Gasteiger partial charge in [-0.05, 0) is 43.1 Å². The van der Waals surface area contributed by atoms with E-state index in [9.17, 15) is 4.79 Å². The lowest BCUT2D eigenvalue weighted by Gasteiger charge is -2.44. The molecule has 2 aliphatic carbocycles. The molecule has 0 amide bonds. The molecule has 0 radical (unpaired) electrons. The first-order chi connectivity index (χ1) is 12.8. The highest BCUT2D eigenvalue weighted by molar-refractivity contribution is 8.01. The zero-order chi connectivity index (χ0) is 19.2. The van der Waals surface area contributed by atoms with Crippen LogP contribution in [-0.2, 0) is 14.9 Å². The van der Waals surface area contributed by atoms with Gasteiger partial charge in [0.2, 0.25) is 0 Å². The van der Waals surface area contributed by atoms with Crippen LogP contribution in [0.4, 0.5) is 0 Å². The predicted octanol–water partition coefficient (Wildman–Crippen LogP) is 5.68. The molecule has 1 aromatic carbocycles. The summed E-state index contributed by atoms with van der Waals surface area (Å²) in [5.41, 5.74) is 2.64. The highest BCUT2D eigenvalue weighted by atomic mass is 32.2. The second-order valence-electron chi connectivity index (χ2n) is 9.47. The minimum Gasteiger partial charge on any atom is -0.461 e. The Labute approximate surface area is 168 Å². The highest BCUT2D eigenvalue weighted by Crippen LogP contribution is 2.47. The van der Waals surface area contributed by atoms with E-state index in [1.165, 1.54) is 17.5 Å². The maximum absolute atomic E-state index is 13.0. The van der Waals surface area contributed by atoms with Crippen LogP contribution in [0.1, 0.15) is 57.6 Å². The Hall–Kier alpha value is -1.22. The van der Waals surface area contributed by atoms with Crippen molar-refractivity contribution in [3.05, 3.63) is 47.5 Å². The Kier molecular flexibility index (Phi) is 5.18. The van der Waals surface area contributed by atoms with E-state index >= 15 is 0 Å². The van der Waals surface area contributed by atoms with Crippen LogP contribution in [0.25, 0.3) is 0 Å². The van der Waals surface area contributed by atoms with Gasteiger partial charge in [-0.1, -0.05) is 69.2 Å². The standard InChI is InChI=1S/C24H32O2S/c1-15-5-9-18(10-6-15)24(3,4)20-12-7-16(2)13-21(20)26-23(25)22-17-8-11-19(14-17)27-22/h5-6,8-11,16-17,19-22H,7,12-14H2,1-4H3/t16-,17-,19+,20-,21-,22-/m1/s1. The normalized spacial score (nSPS) is 35.4. The first-order valence-corrected chi connectivity index (χ1v) is 11.4. The van der Waals surface area contributed by atoms with E-state index < -0.39 is 0 Å². The predicted molar refractivity (Wildman–Crippen MR) is 113 cm³/mol. The highest BCUT2D eigenvalue weighted by Gasteiger charge is 2.46. The van der Waals surface area contributed by atoms with Crippen LogP contribution in [0.5, 0.6) is 0 Å². The second kappa shape index (κ2) is 7.31. The van der Waals surface area contributed by atoms with Gasteiger partial charge in [0.1, 0.15) is 11.4 Å². The molecule has 2 nitrogen and oxygen atoms in total. The number of fused-ring (bicyclic) bond motifs is 2. The number of carbonyl (C=O) groups excluding carboxylic acids is 1. The lowest BCUT2D eigenvalue weighted by atomic mass is 9.64. The molecule has 0 aromatic heterocycles. The van der Waals surface area contributed by atoms with E-state index in [4.69, 9.17) is 4.74 Å². The van der Waals surface area contributed by atoms with E-state index in [1.54, 1.807) is 11.8 Å². The molecule has 2 fully saturated rings. The number of carbonyl (C=O) groups is 1. The number of thioether (sulfide) groups is 1. The molecule has 2 bridgehead atoms. The molecule has 6 atom stereocenters. The quantitative estimate of drug-likeness (QED) is 0.493. The summed E-state index contributed by atoms with van der Waals surface area (Å²) in [7, 11) is 0. The van der Waals surface area contributed by atoms with Crippen molar-refractivity contribution in [3.63, 3.8) is 0 Å². The summed E-state index contributed by atoms with van der Waals surface area (Å²) in [6.07, 6.45) is 8.97. The summed E-state index contributed by atoms with van der Waals surface area (Å²) in [6.45, 7) is 9.08. The topological polar surface area (TPSA) is 26.3 Å². The number of esters is 1. The lowest BCUT2D eigenvalue weighted by molar-refractivity contribution is -0.156. The van der Waals surface area contributed by atoms with E-state index in [-0.39, 0.29) is 22.7 Å². The van der Waals surface area contributed by atoms with Gasteiger partial charge < -0.3 is 4.74 Å². The number of rotatable bonds is 4. The zero-order valence-electron chi connectivity index (χ0n) is 17.0. The Morgan fingerprint density at radius 2 is 1.85 bits per heavy atom. The monoisotopic (exact) mass is 384 g/mol. The Bertz CT molecular complexity index is 720. The zero-order valence-corrected chi connectivity index (χ0v) is 17.8. The maximum atomic E-state index is 13.0. The van der Waals surface area contributed by atoms with Gasteiger partial charge in [-0.3, -0.25) is 4.79 Å². The molecule has 1 saturated heterocycles. The Balaban J connectivity index is 1.52. The summed E-state index contributed by atoms with van der Waals surface area (Å²) < 4.78 is 6.25. The summed E-state index contributed by atoms with van der Waals surface area (Å²) >= 11 is 1.80. The van der Waals surface area contributed by atoms with Crippen LogP contribution < -0.4 is 0 Å². The van der Waals surface area contributed by atoms with Crippen molar-refractivity contribution in [2.75, 3.05) is 0 Å². The van der Waals surface area contributed by atoms with Crippen molar-refractivity contribution in [1.82, 2.24) is 0 Å². The second-order valence-corrected chi connectivity index (χ2v) is 10.9. The van der Waals surface area contributed by atoms with Crippen molar-refractivity contribution in [1.29, 1.82) is 0 Å². The summed E-state index contributed by atoms with van der Waals surface area (Å²) in [4.78, 5) is 13.0. The smallest absolute Gasteiger partial charge is 0.319 e. The van der Waals surface area contributed by atoms with Crippen molar-refractivity contribution >= 4 is 17.7 Å². The molecule has 146 valence electrons. The van der Waals surface area contributed by atoms with Crippen molar-refractivity contribution in [3.8, 4) is 0 Å². The van der Waals surface area contributed by atoms with Gasteiger partial charge in [0.25, 0.3) is 0 Å². The average Bonchev–Trinajstić information content (AvgIpc) is 3.25. The largest absolute Gasteiger partial charge is 0.461 e. The molecule has 0 N–H and O–H groups in total. The molecule has 1 aliphatic heterocycles. The number of aryl methyl sites for hydroxylation is 1. The van der Waals surface area contributed by atoms with E-state index in [0.717, 1.165) is 19.3 Å². The van der Waals surface area contributed by atoms with Gasteiger partial charge in [-0.25, -0.2) is 0 Å². The lowest BCUT2D eigenvalue weighted by Crippen LogP contribution is -2.44. The third kappa shape index (κ3) is 3.72. The minimum atomic E-state index is 0.000509. The minimum absolute atomic E-state index is 0.000509. The fourth-order valence-electron chi connectivity index (χ4n) is 5.23. The van der Waals surface area contributed by atoms with Gasteiger partial charge in [-0.15, -0.1) is 11.8 Å². The summed E-state index contributed by atoms with van der Waals surface area (Å²) in [5, 5.41) is 0.540. The fourth-order valence-corrected chi connectivity index (χ4v) is 6.70. The molecule has 1 heterocycles. The van der Waals surface area contributed by atoms with E-state index in [2.05, 4.69) is 64.1 Å². The molecular weight excluding hydrogens is 352 g/mol. The number of benzene rings is 1. The molecule has 3 heteroatoms. The Morgan fingerprint density at radius 1 is 1.11 bits per heavy atom. The van der Waals surface area contributed by atoms with E-state index in [1.807, 2.05) is 0 Å². The number of ether oxygens (including phenoxy) is 1. The van der Waals surface area contributed by atoms with Crippen molar-refractivity contribution in [2.45, 2.75) is 75.4 Å². The molecule has 1 aromatic rings. The van der Waals surface area contributed by atoms with Gasteiger partial charge in [-0.2, -0.15) is 0 Å². The molecule has 3 aliphatic rings. The summed E-state index contributed by atoms with van der Waals surface area (Å²) in [5.74, 6) is 1.41. The molecule has 0 unspecified atom stereocenters. The average molecular weight is 385 g/mol. The maximum Gasteiger partial charge on any atom is 0.319 e. The van der Waals surface area contributed by atoms with Crippen LogP contribution >= 0.6 is 11.8 Å². The van der Waals surface area contributed by atoms with Crippen molar-refractivity contribution in [2.24, 2.45) is 17.8 Å². The number of hydrogen-bond donors (Lipinski definition) is 0. The van der Waals surface area contributed by atoms with Gasteiger partial charge >= 0.3 is 5.97 Å². The first-order valence-electron chi connectivity index (χ1n) is 10.5. The first kappa shape index (κ1) is 19.1. The van der Waals surface area contributed by atoms with Crippen LogP contribution in [-0.4, -0.2) is 22.6 Å². The van der Waals surface area contributed by atoms with Crippen LogP contribution in [0, 0.1) is 24.7 Å². The molecule has 1 saturated carbocycles. The van der Waals surface area contributed by atoms with Crippen molar-refractivity contribution < 1.29 is 9.53 Å². The SMILES string of the molecule is Cc1ccc(C(C)(C)[C@@H]2CC[C@@H](C)C[C@H]2OC(=O)[C@@H]2S[C@H]3C=C[C@@H]2C3)cc1. The Morgan fingerprint density at radius 3 is 2.48 bits per heavy atom. The summed E-state index contributed by atoms with van der Waals surface area (Å²) in [6, 6.07) is 8.90. The molecule has 4 rings (SSSR count). The fraction of sp³-hybridized carbons (Fsp3) is 0.625.